The van der Waals surface area contributed by atoms with Crippen LogP contribution in [0.1, 0.15) is 22.8 Å². The molecule has 2 rings (SSSR count). The molecule has 0 aliphatic heterocycles. The van der Waals surface area contributed by atoms with E-state index in [-0.39, 0.29) is 5.91 Å². The Balaban J connectivity index is 2.31. The van der Waals surface area contributed by atoms with Crippen molar-refractivity contribution in [1.29, 1.82) is 0 Å². The zero-order valence-corrected chi connectivity index (χ0v) is 12.2. The topological polar surface area (TPSA) is 32.3 Å². The van der Waals surface area contributed by atoms with E-state index in [1.807, 2.05) is 74.3 Å². The normalized spacial score (nSPS) is 10.2. The molecule has 1 amide bonds. The fourth-order valence-electron chi connectivity index (χ4n) is 2.22. The number of amides is 1. The van der Waals surface area contributed by atoms with Crippen molar-refractivity contribution in [3.63, 3.8) is 0 Å². The Bertz CT molecular complexity index is 590. The minimum absolute atomic E-state index is 0.0319. The third-order valence-electron chi connectivity index (χ3n) is 3.39. The highest BCUT2D eigenvalue weighted by atomic mass is 16.2. The summed E-state index contributed by atoms with van der Waals surface area (Å²) >= 11 is 0. The van der Waals surface area contributed by atoms with Crippen LogP contribution in [0.4, 0.5) is 11.4 Å². The zero-order valence-electron chi connectivity index (χ0n) is 12.2. The van der Waals surface area contributed by atoms with Crippen molar-refractivity contribution in [3.8, 4) is 0 Å². The molecule has 0 aliphatic carbocycles. The maximum atomic E-state index is 12.6. The summed E-state index contributed by atoms with van der Waals surface area (Å²) in [7, 11) is 1.86. The van der Waals surface area contributed by atoms with Gasteiger partial charge in [-0.1, -0.05) is 18.2 Å². The van der Waals surface area contributed by atoms with E-state index in [4.69, 9.17) is 0 Å². The third-order valence-corrected chi connectivity index (χ3v) is 3.39. The number of hydrogen-bond donors (Lipinski definition) is 1. The quantitative estimate of drug-likeness (QED) is 0.917. The fourth-order valence-corrected chi connectivity index (χ4v) is 2.22. The molecular weight excluding hydrogens is 248 g/mol. The van der Waals surface area contributed by atoms with Crippen molar-refractivity contribution >= 4 is 17.3 Å². The van der Waals surface area contributed by atoms with Gasteiger partial charge >= 0.3 is 0 Å². The molecule has 3 nitrogen and oxygen atoms in total. The molecule has 0 saturated heterocycles. The lowest BCUT2D eigenvalue weighted by Gasteiger charge is -2.23. The summed E-state index contributed by atoms with van der Waals surface area (Å²) in [6, 6.07) is 15.5. The highest BCUT2D eigenvalue weighted by molar-refractivity contribution is 6.06. The van der Waals surface area contributed by atoms with Crippen LogP contribution in [0.25, 0.3) is 0 Å². The van der Waals surface area contributed by atoms with Crippen LogP contribution < -0.4 is 10.2 Å². The Hall–Kier alpha value is -2.29. The van der Waals surface area contributed by atoms with Crippen LogP contribution in [0.5, 0.6) is 0 Å². The molecule has 0 saturated carbocycles. The largest absolute Gasteiger partial charge is 0.388 e. The second-order valence-electron chi connectivity index (χ2n) is 4.66. The highest BCUT2D eigenvalue weighted by Gasteiger charge is 2.17. The number of carbonyl (C=O) groups is 1. The molecule has 0 fully saturated rings. The van der Waals surface area contributed by atoms with Gasteiger partial charge in [0, 0.05) is 30.5 Å². The van der Waals surface area contributed by atoms with Crippen LogP contribution in [0.3, 0.4) is 0 Å². The predicted octanol–water partition coefficient (Wildman–Crippen LogP) is 3.70. The summed E-state index contributed by atoms with van der Waals surface area (Å²) in [6.07, 6.45) is 0. The number of benzene rings is 2. The number of nitrogens with zero attached hydrogens (tertiary/aromatic N) is 1. The first-order valence-corrected chi connectivity index (χ1v) is 6.82. The van der Waals surface area contributed by atoms with Crippen molar-refractivity contribution < 1.29 is 4.79 Å². The maximum absolute atomic E-state index is 12.6. The first-order valence-electron chi connectivity index (χ1n) is 6.82. The smallest absolute Gasteiger partial charge is 0.258 e. The van der Waals surface area contributed by atoms with Gasteiger partial charge < -0.3 is 10.2 Å². The summed E-state index contributed by atoms with van der Waals surface area (Å²) in [5.74, 6) is 0.0319. The van der Waals surface area contributed by atoms with Gasteiger partial charge in [-0.25, -0.2) is 0 Å². The van der Waals surface area contributed by atoms with Gasteiger partial charge in [0.2, 0.25) is 0 Å². The van der Waals surface area contributed by atoms with Crippen molar-refractivity contribution in [2.24, 2.45) is 0 Å². The standard InChI is InChI=1S/C17H20N2O/c1-4-19(16-8-6-5-7-13(16)2)17(20)14-9-11-15(18-3)12-10-14/h5-12,18H,4H2,1-3H3. The molecule has 0 aromatic heterocycles. The Morgan fingerprint density at radius 3 is 2.30 bits per heavy atom. The fraction of sp³-hybridized carbons (Fsp3) is 0.235. The summed E-state index contributed by atoms with van der Waals surface area (Å²) in [6.45, 7) is 4.67. The number of para-hydroxylation sites is 1. The monoisotopic (exact) mass is 268 g/mol. The summed E-state index contributed by atoms with van der Waals surface area (Å²) < 4.78 is 0. The van der Waals surface area contributed by atoms with Crippen molar-refractivity contribution in [2.75, 3.05) is 23.8 Å². The molecule has 20 heavy (non-hydrogen) atoms. The number of hydrogen-bond acceptors (Lipinski definition) is 2. The Morgan fingerprint density at radius 1 is 1.10 bits per heavy atom. The zero-order chi connectivity index (χ0) is 14.5. The minimum atomic E-state index is 0.0319. The Kier molecular flexibility index (Phi) is 4.41. The SMILES string of the molecule is CCN(C(=O)c1ccc(NC)cc1)c1ccccc1C. The van der Waals surface area contributed by atoms with Crippen LogP contribution in [-0.2, 0) is 0 Å². The molecule has 0 bridgehead atoms. The van der Waals surface area contributed by atoms with Crippen LogP contribution in [0.2, 0.25) is 0 Å². The summed E-state index contributed by atoms with van der Waals surface area (Å²) in [4.78, 5) is 14.4. The molecule has 0 aliphatic rings. The number of carbonyl (C=O) groups excluding carboxylic acids is 1. The third kappa shape index (κ3) is 2.82. The number of rotatable bonds is 4. The molecule has 0 spiro atoms. The summed E-state index contributed by atoms with van der Waals surface area (Å²) in [5.41, 5.74) is 3.78. The average molecular weight is 268 g/mol. The first kappa shape index (κ1) is 14.1. The first-order chi connectivity index (χ1) is 9.67. The highest BCUT2D eigenvalue weighted by Crippen LogP contribution is 2.22. The number of aryl methyl sites for hydroxylation is 1. The van der Waals surface area contributed by atoms with E-state index in [0.717, 1.165) is 16.9 Å². The van der Waals surface area contributed by atoms with Crippen LogP contribution in [-0.4, -0.2) is 19.5 Å². The van der Waals surface area contributed by atoms with Gasteiger partial charge in [0.1, 0.15) is 0 Å². The van der Waals surface area contributed by atoms with E-state index in [2.05, 4.69) is 5.32 Å². The second-order valence-corrected chi connectivity index (χ2v) is 4.66. The predicted molar refractivity (Wildman–Crippen MR) is 84.5 cm³/mol. The van der Waals surface area contributed by atoms with Crippen molar-refractivity contribution in [2.45, 2.75) is 13.8 Å². The molecule has 0 radical (unpaired) electrons. The van der Waals surface area contributed by atoms with Crippen LogP contribution >= 0.6 is 0 Å². The van der Waals surface area contributed by atoms with Crippen molar-refractivity contribution in [1.82, 2.24) is 0 Å². The maximum Gasteiger partial charge on any atom is 0.258 e. The van der Waals surface area contributed by atoms with Gasteiger partial charge in [-0.05, 0) is 49.7 Å². The average Bonchev–Trinajstić information content (AvgIpc) is 2.50. The molecule has 0 heterocycles. The van der Waals surface area contributed by atoms with Gasteiger partial charge in [-0.2, -0.15) is 0 Å². The number of nitrogens with one attached hydrogen (secondary N) is 1. The van der Waals surface area contributed by atoms with E-state index < -0.39 is 0 Å². The molecular formula is C17H20N2O. The van der Waals surface area contributed by atoms with E-state index in [1.54, 1.807) is 0 Å². The lowest BCUT2D eigenvalue weighted by atomic mass is 10.1. The van der Waals surface area contributed by atoms with E-state index in [0.29, 0.717) is 12.1 Å². The van der Waals surface area contributed by atoms with Gasteiger partial charge in [0.25, 0.3) is 5.91 Å². The lowest BCUT2D eigenvalue weighted by Crippen LogP contribution is -2.31. The van der Waals surface area contributed by atoms with Gasteiger partial charge in [0.15, 0.2) is 0 Å². The minimum Gasteiger partial charge on any atom is -0.388 e. The molecule has 0 unspecified atom stereocenters. The van der Waals surface area contributed by atoms with E-state index >= 15 is 0 Å². The molecule has 0 atom stereocenters. The summed E-state index contributed by atoms with van der Waals surface area (Å²) in [5, 5.41) is 3.05. The molecule has 3 heteroatoms. The molecule has 104 valence electrons. The lowest BCUT2D eigenvalue weighted by molar-refractivity contribution is 0.0988. The van der Waals surface area contributed by atoms with Crippen LogP contribution in [0, 0.1) is 6.92 Å². The van der Waals surface area contributed by atoms with Gasteiger partial charge in [-0.15, -0.1) is 0 Å². The van der Waals surface area contributed by atoms with E-state index in [9.17, 15) is 4.79 Å². The van der Waals surface area contributed by atoms with Crippen LogP contribution in [0.15, 0.2) is 48.5 Å². The molecule has 2 aromatic carbocycles. The van der Waals surface area contributed by atoms with Gasteiger partial charge in [-0.3, -0.25) is 4.79 Å². The van der Waals surface area contributed by atoms with Crippen molar-refractivity contribution in [3.05, 3.63) is 59.7 Å². The Labute approximate surface area is 120 Å². The molecule has 2 aromatic rings. The van der Waals surface area contributed by atoms with Gasteiger partial charge in [0.05, 0.1) is 0 Å². The Morgan fingerprint density at radius 2 is 1.75 bits per heavy atom. The van der Waals surface area contributed by atoms with E-state index in [1.165, 1.54) is 0 Å². The number of anilines is 2. The second kappa shape index (κ2) is 6.24. The molecule has 1 N–H and O–H groups in total.